The van der Waals surface area contributed by atoms with E-state index in [1.54, 1.807) is 18.5 Å². The van der Waals surface area contributed by atoms with Gasteiger partial charge in [0.1, 0.15) is 0 Å². The summed E-state index contributed by atoms with van der Waals surface area (Å²) in [7, 11) is 0. The molecule has 1 amide bonds. The van der Waals surface area contributed by atoms with Gasteiger partial charge in [-0.1, -0.05) is 18.2 Å². The van der Waals surface area contributed by atoms with E-state index in [9.17, 15) is 4.79 Å². The van der Waals surface area contributed by atoms with Crippen LogP contribution in [-0.4, -0.2) is 16.1 Å². The van der Waals surface area contributed by atoms with Crippen LogP contribution >= 0.6 is 0 Å². The summed E-state index contributed by atoms with van der Waals surface area (Å²) in [5.41, 5.74) is 1.65. The van der Waals surface area contributed by atoms with Crippen molar-refractivity contribution in [1.29, 1.82) is 0 Å². The van der Waals surface area contributed by atoms with E-state index >= 15 is 0 Å². The van der Waals surface area contributed by atoms with Gasteiger partial charge in [-0.15, -0.1) is 0 Å². The van der Waals surface area contributed by atoms with E-state index in [4.69, 9.17) is 0 Å². The summed E-state index contributed by atoms with van der Waals surface area (Å²) in [6.07, 6.45) is 6.53. The molecule has 1 aromatic heterocycles. The maximum atomic E-state index is 11.5. The first kappa shape index (κ1) is 10.2. The molecule has 0 aliphatic rings. The zero-order valence-corrected chi connectivity index (χ0v) is 8.55. The lowest BCUT2D eigenvalue weighted by atomic mass is 10.3. The number of H-pyrrole nitrogens is 1. The number of anilines is 1. The largest absolute Gasteiger partial charge is 0.323 e. The molecule has 0 spiro atoms. The van der Waals surface area contributed by atoms with Crippen LogP contribution in [0.4, 0.5) is 5.69 Å². The van der Waals surface area contributed by atoms with Crippen molar-refractivity contribution in [3.8, 4) is 0 Å². The number of rotatable bonds is 3. The molecule has 1 aromatic carbocycles. The molecule has 80 valence electrons. The predicted octanol–water partition coefficient (Wildman–Crippen LogP) is 2.06. The van der Waals surface area contributed by atoms with Crippen LogP contribution in [0.1, 0.15) is 5.56 Å². The average Bonchev–Trinajstić information content (AvgIpc) is 2.81. The molecule has 0 radical (unpaired) electrons. The van der Waals surface area contributed by atoms with Crippen molar-refractivity contribution in [2.24, 2.45) is 0 Å². The lowest BCUT2D eigenvalue weighted by Crippen LogP contribution is -2.07. The van der Waals surface area contributed by atoms with Crippen molar-refractivity contribution >= 4 is 17.7 Å². The standard InChI is InChI=1S/C12H11N3O/c16-12(7-6-10-8-13-14-9-10)15-11-4-2-1-3-5-11/h1-9H,(H,13,14)(H,15,16)/b7-6+. The van der Waals surface area contributed by atoms with E-state index in [1.165, 1.54) is 6.08 Å². The maximum Gasteiger partial charge on any atom is 0.248 e. The van der Waals surface area contributed by atoms with Crippen molar-refractivity contribution in [1.82, 2.24) is 10.2 Å². The molecule has 0 aliphatic heterocycles. The van der Waals surface area contributed by atoms with Gasteiger partial charge in [-0.2, -0.15) is 5.10 Å². The summed E-state index contributed by atoms with van der Waals surface area (Å²) in [5, 5.41) is 9.19. The number of hydrogen-bond acceptors (Lipinski definition) is 2. The van der Waals surface area contributed by atoms with Crippen molar-refractivity contribution in [3.63, 3.8) is 0 Å². The van der Waals surface area contributed by atoms with Gasteiger partial charge in [0.25, 0.3) is 0 Å². The van der Waals surface area contributed by atoms with E-state index in [-0.39, 0.29) is 5.91 Å². The summed E-state index contributed by atoms with van der Waals surface area (Å²) in [4.78, 5) is 11.5. The molecule has 0 saturated heterocycles. The van der Waals surface area contributed by atoms with Gasteiger partial charge in [0.05, 0.1) is 6.20 Å². The van der Waals surface area contributed by atoms with Crippen LogP contribution in [0.3, 0.4) is 0 Å². The first-order valence-corrected chi connectivity index (χ1v) is 4.87. The highest BCUT2D eigenvalue weighted by atomic mass is 16.1. The summed E-state index contributed by atoms with van der Waals surface area (Å²) in [5.74, 6) is -0.160. The minimum Gasteiger partial charge on any atom is -0.323 e. The van der Waals surface area contributed by atoms with Gasteiger partial charge >= 0.3 is 0 Å². The number of amides is 1. The third-order valence-corrected chi connectivity index (χ3v) is 1.99. The second-order valence-corrected chi connectivity index (χ2v) is 3.22. The summed E-state index contributed by atoms with van der Waals surface area (Å²) in [6.45, 7) is 0. The molecule has 0 saturated carbocycles. The summed E-state index contributed by atoms with van der Waals surface area (Å²) >= 11 is 0. The van der Waals surface area contributed by atoms with Crippen LogP contribution in [0.5, 0.6) is 0 Å². The highest BCUT2D eigenvalue weighted by molar-refractivity contribution is 6.01. The molecule has 2 N–H and O–H groups in total. The predicted molar refractivity (Wildman–Crippen MR) is 62.7 cm³/mol. The van der Waals surface area contributed by atoms with Crippen molar-refractivity contribution < 1.29 is 4.79 Å². The van der Waals surface area contributed by atoms with E-state index in [0.717, 1.165) is 11.3 Å². The Kier molecular flexibility index (Phi) is 3.13. The topological polar surface area (TPSA) is 57.8 Å². The van der Waals surface area contributed by atoms with Crippen LogP contribution < -0.4 is 5.32 Å². The zero-order valence-electron chi connectivity index (χ0n) is 8.55. The van der Waals surface area contributed by atoms with Gasteiger partial charge < -0.3 is 5.32 Å². The fourth-order valence-electron chi connectivity index (χ4n) is 1.23. The van der Waals surface area contributed by atoms with Gasteiger partial charge in [-0.05, 0) is 18.2 Å². The fourth-order valence-corrected chi connectivity index (χ4v) is 1.23. The molecule has 2 aromatic rings. The van der Waals surface area contributed by atoms with Crippen molar-refractivity contribution in [3.05, 3.63) is 54.4 Å². The molecule has 0 bridgehead atoms. The Bertz CT molecular complexity index is 474. The van der Waals surface area contributed by atoms with E-state index in [2.05, 4.69) is 15.5 Å². The lowest BCUT2D eigenvalue weighted by molar-refractivity contribution is -0.111. The molecule has 0 unspecified atom stereocenters. The lowest BCUT2D eigenvalue weighted by Gasteiger charge is -1.99. The monoisotopic (exact) mass is 213 g/mol. The molecule has 0 atom stereocenters. The highest BCUT2D eigenvalue weighted by Crippen LogP contribution is 2.05. The Hall–Kier alpha value is -2.36. The number of aromatic amines is 1. The Balaban J connectivity index is 1.95. The van der Waals surface area contributed by atoms with Gasteiger partial charge in [-0.3, -0.25) is 9.89 Å². The average molecular weight is 213 g/mol. The van der Waals surface area contributed by atoms with Gasteiger partial charge in [0.2, 0.25) is 5.91 Å². The molecule has 4 nitrogen and oxygen atoms in total. The number of aromatic nitrogens is 2. The van der Waals surface area contributed by atoms with Crippen LogP contribution in [-0.2, 0) is 4.79 Å². The molecule has 0 fully saturated rings. The first-order valence-electron chi connectivity index (χ1n) is 4.87. The van der Waals surface area contributed by atoms with E-state index in [1.807, 2.05) is 30.3 Å². The molecular weight excluding hydrogens is 202 g/mol. The maximum absolute atomic E-state index is 11.5. The number of nitrogens with one attached hydrogen (secondary N) is 2. The Morgan fingerprint density at radius 1 is 1.31 bits per heavy atom. The van der Waals surface area contributed by atoms with Crippen molar-refractivity contribution in [2.45, 2.75) is 0 Å². The fraction of sp³-hybridized carbons (Fsp3) is 0. The summed E-state index contributed by atoms with van der Waals surface area (Å²) < 4.78 is 0. The minimum absolute atomic E-state index is 0.160. The zero-order chi connectivity index (χ0) is 11.2. The van der Waals surface area contributed by atoms with Gasteiger partial charge in [-0.25, -0.2) is 0 Å². The molecular formula is C12H11N3O. The number of nitrogens with zero attached hydrogens (tertiary/aromatic N) is 1. The molecule has 1 heterocycles. The number of hydrogen-bond donors (Lipinski definition) is 2. The van der Waals surface area contributed by atoms with Crippen LogP contribution in [0.15, 0.2) is 48.8 Å². The Morgan fingerprint density at radius 2 is 2.12 bits per heavy atom. The molecule has 2 rings (SSSR count). The van der Waals surface area contributed by atoms with Crippen LogP contribution in [0, 0.1) is 0 Å². The quantitative estimate of drug-likeness (QED) is 0.767. The molecule has 4 heteroatoms. The third kappa shape index (κ3) is 2.81. The van der Waals surface area contributed by atoms with Crippen molar-refractivity contribution in [2.75, 3.05) is 5.32 Å². The second kappa shape index (κ2) is 4.93. The second-order valence-electron chi connectivity index (χ2n) is 3.22. The number of carbonyl (C=O) groups is 1. The summed E-state index contributed by atoms with van der Waals surface area (Å²) in [6, 6.07) is 9.31. The highest BCUT2D eigenvalue weighted by Gasteiger charge is 1.96. The Morgan fingerprint density at radius 3 is 2.81 bits per heavy atom. The van der Waals surface area contributed by atoms with Gasteiger partial charge in [0.15, 0.2) is 0 Å². The molecule has 16 heavy (non-hydrogen) atoms. The smallest absolute Gasteiger partial charge is 0.248 e. The minimum atomic E-state index is -0.160. The SMILES string of the molecule is O=C(/C=C/c1cn[nH]c1)Nc1ccccc1. The third-order valence-electron chi connectivity index (χ3n) is 1.99. The van der Waals surface area contributed by atoms with Crippen LogP contribution in [0.25, 0.3) is 6.08 Å². The van der Waals surface area contributed by atoms with E-state index < -0.39 is 0 Å². The number of carbonyl (C=O) groups excluding carboxylic acids is 1. The van der Waals surface area contributed by atoms with Crippen LogP contribution in [0.2, 0.25) is 0 Å². The molecule has 0 aliphatic carbocycles. The Labute approximate surface area is 93.0 Å². The van der Waals surface area contributed by atoms with E-state index in [0.29, 0.717) is 0 Å². The number of para-hydroxylation sites is 1. The van der Waals surface area contributed by atoms with Gasteiger partial charge in [0, 0.05) is 23.5 Å². The first-order chi connectivity index (χ1) is 7.84. The normalized spacial score (nSPS) is 10.5. The number of benzene rings is 1.